The lowest BCUT2D eigenvalue weighted by Crippen LogP contribution is -2.38. The van der Waals surface area contributed by atoms with Crippen LogP contribution in [0.15, 0.2) is 28.6 Å². The van der Waals surface area contributed by atoms with E-state index in [0.29, 0.717) is 13.2 Å². The van der Waals surface area contributed by atoms with Crippen molar-refractivity contribution in [3.05, 3.63) is 45.5 Å². The standard InChI is InChI=1S/C17H17N5O2S2/c23-15-5-10-8-25-3-2-12(10)21-22(15)14-7-24-6-13(14)20-16-11-1-4-26-17(11)19-9-18-16/h1,4-5,9,13-14H,2-3,6-8H2,(H,18,19,20). The molecule has 0 amide bonds. The Hall–Kier alpha value is -1.97. The number of thioether (sulfide) groups is 1. The van der Waals surface area contributed by atoms with E-state index in [4.69, 9.17) is 4.74 Å². The highest BCUT2D eigenvalue weighted by molar-refractivity contribution is 7.98. The summed E-state index contributed by atoms with van der Waals surface area (Å²) in [6, 6.07) is 3.54. The van der Waals surface area contributed by atoms with Crippen LogP contribution in [-0.4, -0.2) is 44.8 Å². The number of thiophene rings is 1. The minimum Gasteiger partial charge on any atom is -0.377 e. The Bertz CT molecular complexity index is 1020. The van der Waals surface area contributed by atoms with Crippen molar-refractivity contribution in [3.8, 4) is 0 Å². The van der Waals surface area contributed by atoms with E-state index in [1.165, 1.54) is 0 Å². The van der Waals surface area contributed by atoms with Gasteiger partial charge in [0.2, 0.25) is 0 Å². The topological polar surface area (TPSA) is 81.9 Å². The summed E-state index contributed by atoms with van der Waals surface area (Å²) < 4.78 is 7.28. The quantitative estimate of drug-likeness (QED) is 0.737. The predicted octanol–water partition coefficient (Wildman–Crippen LogP) is 2.09. The van der Waals surface area contributed by atoms with Crippen molar-refractivity contribution in [3.63, 3.8) is 0 Å². The molecule has 5 rings (SSSR count). The van der Waals surface area contributed by atoms with Crippen molar-refractivity contribution < 1.29 is 4.74 Å². The predicted molar refractivity (Wildman–Crippen MR) is 103 cm³/mol. The minimum absolute atomic E-state index is 0.0584. The maximum atomic E-state index is 12.6. The number of anilines is 1. The smallest absolute Gasteiger partial charge is 0.267 e. The molecule has 9 heteroatoms. The second kappa shape index (κ2) is 6.64. The molecule has 3 aromatic rings. The molecule has 7 nitrogen and oxygen atoms in total. The molecule has 2 aliphatic heterocycles. The van der Waals surface area contributed by atoms with E-state index in [0.717, 1.165) is 45.2 Å². The van der Waals surface area contributed by atoms with E-state index >= 15 is 0 Å². The number of nitrogens with zero attached hydrogens (tertiary/aromatic N) is 4. The van der Waals surface area contributed by atoms with Gasteiger partial charge in [-0.3, -0.25) is 4.79 Å². The molecule has 0 radical (unpaired) electrons. The van der Waals surface area contributed by atoms with Gasteiger partial charge < -0.3 is 10.1 Å². The van der Waals surface area contributed by atoms with Gasteiger partial charge in [0.1, 0.15) is 23.0 Å². The molecule has 2 unspecified atom stereocenters. The first-order valence-corrected chi connectivity index (χ1v) is 10.5. The fourth-order valence-corrected chi connectivity index (χ4v) is 5.15. The highest BCUT2D eigenvalue weighted by atomic mass is 32.2. The van der Waals surface area contributed by atoms with E-state index in [2.05, 4.69) is 20.4 Å². The lowest BCUT2D eigenvalue weighted by atomic mass is 10.1. The number of aryl methyl sites for hydroxylation is 1. The molecule has 0 spiro atoms. The van der Waals surface area contributed by atoms with E-state index < -0.39 is 0 Å². The molecule has 0 aliphatic carbocycles. The van der Waals surface area contributed by atoms with E-state index in [9.17, 15) is 4.79 Å². The van der Waals surface area contributed by atoms with Gasteiger partial charge in [-0.05, 0) is 22.8 Å². The maximum absolute atomic E-state index is 12.6. The third kappa shape index (κ3) is 2.80. The third-order valence-electron chi connectivity index (χ3n) is 4.81. The monoisotopic (exact) mass is 387 g/mol. The molecule has 0 saturated carbocycles. The molecule has 1 fully saturated rings. The average molecular weight is 387 g/mol. The molecule has 0 aromatic carbocycles. The molecular weight excluding hydrogens is 370 g/mol. The number of nitrogens with one attached hydrogen (secondary N) is 1. The minimum atomic E-state index is -0.147. The van der Waals surface area contributed by atoms with Crippen LogP contribution in [0.3, 0.4) is 0 Å². The number of fused-ring (bicyclic) bond motifs is 2. The number of aromatic nitrogens is 4. The summed E-state index contributed by atoms with van der Waals surface area (Å²) in [6.45, 7) is 0.983. The van der Waals surface area contributed by atoms with Crippen molar-refractivity contribution in [2.45, 2.75) is 24.3 Å². The molecule has 0 bridgehead atoms. The molecule has 2 atom stereocenters. The number of ether oxygens (including phenoxy) is 1. The number of hydrogen-bond acceptors (Lipinski definition) is 8. The van der Waals surface area contributed by atoms with Crippen LogP contribution in [0.2, 0.25) is 0 Å². The third-order valence-corrected chi connectivity index (χ3v) is 6.64. The van der Waals surface area contributed by atoms with Crippen molar-refractivity contribution in [2.24, 2.45) is 0 Å². The molecule has 5 heterocycles. The van der Waals surface area contributed by atoms with Crippen LogP contribution in [0, 0.1) is 0 Å². The first-order valence-electron chi connectivity index (χ1n) is 8.51. The maximum Gasteiger partial charge on any atom is 0.267 e. The summed E-state index contributed by atoms with van der Waals surface area (Å²) in [6.07, 6.45) is 2.47. The summed E-state index contributed by atoms with van der Waals surface area (Å²) >= 11 is 3.43. The first kappa shape index (κ1) is 16.2. The van der Waals surface area contributed by atoms with E-state index in [-0.39, 0.29) is 17.6 Å². The first-order chi connectivity index (χ1) is 12.8. The molecular formula is C17H17N5O2S2. The largest absolute Gasteiger partial charge is 0.377 e. The zero-order valence-corrected chi connectivity index (χ0v) is 15.6. The second-order valence-corrected chi connectivity index (χ2v) is 8.42. The highest BCUT2D eigenvalue weighted by Gasteiger charge is 2.32. The van der Waals surface area contributed by atoms with Crippen LogP contribution in [0.1, 0.15) is 17.3 Å². The Kier molecular flexibility index (Phi) is 4.14. The molecule has 134 valence electrons. The highest BCUT2D eigenvalue weighted by Crippen LogP contribution is 2.28. The van der Waals surface area contributed by atoms with Gasteiger partial charge in [-0.2, -0.15) is 16.9 Å². The molecule has 1 saturated heterocycles. The number of hydrogen-bond donors (Lipinski definition) is 1. The van der Waals surface area contributed by atoms with E-state index in [1.807, 2.05) is 23.2 Å². The van der Waals surface area contributed by atoms with Crippen molar-refractivity contribution >= 4 is 39.1 Å². The van der Waals surface area contributed by atoms with Crippen LogP contribution in [-0.2, 0) is 16.9 Å². The summed E-state index contributed by atoms with van der Waals surface area (Å²) in [4.78, 5) is 22.2. The fraction of sp³-hybridized carbons (Fsp3) is 0.412. The van der Waals surface area contributed by atoms with Crippen LogP contribution in [0.5, 0.6) is 0 Å². The zero-order valence-electron chi connectivity index (χ0n) is 13.9. The van der Waals surface area contributed by atoms with Gasteiger partial charge in [0.05, 0.1) is 30.3 Å². The van der Waals surface area contributed by atoms with Crippen LogP contribution in [0.4, 0.5) is 5.82 Å². The molecule has 1 N–H and O–H groups in total. The average Bonchev–Trinajstić information content (AvgIpc) is 3.31. The van der Waals surface area contributed by atoms with Gasteiger partial charge >= 0.3 is 0 Å². The van der Waals surface area contributed by atoms with Gasteiger partial charge in [-0.1, -0.05) is 0 Å². The Balaban J connectivity index is 1.48. The Morgan fingerprint density at radius 2 is 2.27 bits per heavy atom. The van der Waals surface area contributed by atoms with Crippen LogP contribution >= 0.6 is 23.1 Å². The van der Waals surface area contributed by atoms with Gasteiger partial charge in [0.25, 0.3) is 5.56 Å². The zero-order chi connectivity index (χ0) is 17.5. The summed E-state index contributed by atoms with van der Waals surface area (Å²) in [5.41, 5.74) is 2.05. The summed E-state index contributed by atoms with van der Waals surface area (Å²) in [5, 5.41) is 11.1. The van der Waals surface area contributed by atoms with Gasteiger partial charge in [-0.15, -0.1) is 11.3 Å². The van der Waals surface area contributed by atoms with Gasteiger partial charge in [0.15, 0.2) is 0 Å². The fourth-order valence-electron chi connectivity index (χ4n) is 3.47. The summed E-state index contributed by atoms with van der Waals surface area (Å²) in [7, 11) is 0. The summed E-state index contributed by atoms with van der Waals surface area (Å²) in [5.74, 6) is 2.70. The Morgan fingerprint density at radius 1 is 1.31 bits per heavy atom. The van der Waals surface area contributed by atoms with Crippen LogP contribution in [0.25, 0.3) is 10.2 Å². The number of rotatable bonds is 3. The second-order valence-electron chi connectivity index (χ2n) is 6.42. The van der Waals surface area contributed by atoms with Crippen molar-refractivity contribution in [2.75, 3.05) is 24.3 Å². The Morgan fingerprint density at radius 3 is 3.23 bits per heavy atom. The van der Waals surface area contributed by atoms with Crippen LogP contribution < -0.4 is 10.9 Å². The van der Waals surface area contributed by atoms with Gasteiger partial charge in [-0.25, -0.2) is 14.6 Å². The lowest BCUT2D eigenvalue weighted by molar-refractivity contribution is 0.182. The molecule has 26 heavy (non-hydrogen) atoms. The van der Waals surface area contributed by atoms with Gasteiger partial charge in [0, 0.05) is 18.2 Å². The van der Waals surface area contributed by atoms with Crippen molar-refractivity contribution in [1.82, 2.24) is 19.7 Å². The SMILES string of the molecule is O=c1cc2c(nn1C1COCC1Nc1ncnc3sccc13)CCSC2. The Labute approximate surface area is 157 Å². The normalized spacial score (nSPS) is 22.5. The van der Waals surface area contributed by atoms with E-state index in [1.54, 1.807) is 28.4 Å². The molecule has 2 aliphatic rings. The van der Waals surface area contributed by atoms with Crippen molar-refractivity contribution in [1.29, 1.82) is 0 Å². The lowest BCUT2D eigenvalue weighted by Gasteiger charge is -2.23. The molecule has 3 aromatic heterocycles.